The predicted molar refractivity (Wildman–Crippen MR) is 66.9 cm³/mol. The third-order valence-corrected chi connectivity index (χ3v) is 3.07. The highest BCUT2D eigenvalue weighted by Crippen LogP contribution is 2.13. The van der Waals surface area contributed by atoms with Crippen molar-refractivity contribution in [3.63, 3.8) is 0 Å². The zero-order chi connectivity index (χ0) is 13.8. The van der Waals surface area contributed by atoms with E-state index in [0.717, 1.165) is 6.42 Å². The Morgan fingerprint density at radius 2 is 1.79 bits per heavy atom. The largest absolute Gasteiger partial charge is 0.462 e. The van der Waals surface area contributed by atoms with E-state index in [1.54, 1.807) is 17.0 Å². The van der Waals surface area contributed by atoms with E-state index in [1.165, 1.54) is 4.90 Å². The normalized spacial score (nSPS) is 16.3. The Balaban J connectivity index is 1.98. The fourth-order valence-electron chi connectivity index (χ4n) is 2.10. The summed E-state index contributed by atoms with van der Waals surface area (Å²) in [6.07, 6.45) is 0.844. The lowest BCUT2D eigenvalue weighted by atomic mass is 10.2. The highest BCUT2D eigenvalue weighted by molar-refractivity contribution is 5.92. The first-order valence-corrected chi connectivity index (χ1v) is 6.38. The number of amides is 2. The number of aliphatic hydroxyl groups excluding tert-OH is 1. The zero-order valence-electron chi connectivity index (χ0n) is 11.0. The smallest absolute Gasteiger partial charge is 0.243 e. The van der Waals surface area contributed by atoms with Crippen molar-refractivity contribution in [3.8, 4) is 0 Å². The lowest BCUT2D eigenvalue weighted by Gasteiger charge is -2.33. The first-order chi connectivity index (χ1) is 9.13. The molecule has 6 heteroatoms. The first-order valence-electron chi connectivity index (χ1n) is 6.38. The molecule has 0 radical (unpaired) electrons. The number of carbonyl (C=O) groups is 2. The summed E-state index contributed by atoms with van der Waals surface area (Å²) in [5.41, 5.74) is 0. The highest BCUT2D eigenvalue weighted by Gasteiger charge is 2.29. The van der Waals surface area contributed by atoms with Gasteiger partial charge in [0.15, 0.2) is 0 Å². The molecule has 0 unspecified atom stereocenters. The average molecular weight is 266 g/mol. The zero-order valence-corrected chi connectivity index (χ0v) is 11.0. The molecular formula is C13H18N2O4. The molecule has 1 saturated heterocycles. The van der Waals surface area contributed by atoms with Crippen LogP contribution in [0.2, 0.25) is 0 Å². The maximum absolute atomic E-state index is 11.9. The quantitative estimate of drug-likeness (QED) is 0.834. The summed E-state index contributed by atoms with van der Waals surface area (Å²) >= 11 is 0. The lowest BCUT2D eigenvalue weighted by molar-refractivity contribution is -0.150. The Morgan fingerprint density at radius 3 is 2.42 bits per heavy atom. The molecule has 0 aliphatic carbocycles. The molecule has 2 amide bonds. The Hall–Kier alpha value is -1.82. The van der Waals surface area contributed by atoms with Gasteiger partial charge in [-0.05, 0) is 18.6 Å². The molecular weight excluding hydrogens is 248 g/mol. The molecule has 2 heterocycles. The van der Waals surface area contributed by atoms with Crippen LogP contribution >= 0.6 is 0 Å². The van der Waals surface area contributed by atoms with Crippen LogP contribution in [-0.2, 0) is 22.7 Å². The van der Waals surface area contributed by atoms with Crippen LogP contribution < -0.4 is 0 Å². The molecule has 1 aliphatic rings. The van der Waals surface area contributed by atoms with E-state index in [2.05, 4.69) is 0 Å². The lowest BCUT2D eigenvalue weighted by Crippen LogP contribution is -2.53. The minimum absolute atomic E-state index is 0.0320. The van der Waals surface area contributed by atoms with E-state index in [0.29, 0.717) is 18.1 Å². The van der Waals surface area contributed by atoms with E-state index >= 15 is 0 Å². The summed E-state index contributed by atoms with van der Waals surface area (Å²) in [4.78, 5) is 26.9. The summed E-state index contributed by atoms with van der Waals surface area (Å²) in [7, 11) is 0. The molecule has 0 atom stereocenters. The highest BCUT2D eigenvalue weighted by atomic mass is 16.4. The van der Waals surface area contributed by atoms with Gasteiger partial charge in [0.25, 0.3) is 0 Å². The van der Waals surface area contributed by atoms with Crippen molar-refractivity contribution in [1.82, 2.24) is 9.80 Å². The molecule has 0 aromatic carbocycles. The second kappa shape index (κ2) is 5.88. The molecule has 19 heavy (non-hydrogen) atoms. The number of rotatable bonds is 5. The Morgan fingerprint density at radius 1 is 1.16 bits per heavy atom. The van der Waals surface area contributed by atoms with Crippen LogP contribution in [0.5, 0.6) is 0 Å². The number of hydrogen-bond donors (Lipinski definition) is 1. The maximum Gasteiger partial charge on any atom is 0.243 e. The molecule has 1 fully saturated rings. The molecule has 0 spiro atoms. The molecule has 1 aromatic heterocycles. The van der Waals surface area contributed by atoms with E-state index in [9.17, 15) is 9.59 Å². The summed E-state index contributed by atoms with van der Waals surface area (Å²) in [5.74, 6) is 0.929. The third-order valence-electron chi connectivity index (χ3n) is 3.07. The number of furan rings is 1. The summed E-state index contributed by atoms with van der Waals surface area (Å²) in [6.45, 7) is 2.92. The van der Waals surface area contributed by atoms with E-state index < -0.39 is 0 Å². The van der Waals surface area contributed by atoms with Crippen LogP contribution in [-0.4, -0.2) is 46.4 Å². The monoisotopic (exact) mass is 266 g/mol. The fraction of sp³-hybridized carbons (Fsp3) is 0.538. The fourth-order valence-corrected chi connectivity index (χ4v) is 2.10. The number of piperazine rings is 1. The Labute approximate surface area is 111 Å². The molecule has 1 N–H and O–H groups in total. The van der Waals surface area contributed by atoms with Gasteiger partial charge in [-0.25, -0.2) is 0 Å². The van der Waals surface area contributed by atoms with E-state index in [-0.39, 0.29) is 38.1 Å². The number of carbonyl (C=O) groups excluding carboxylic acids is 2. The first kappa shape index (κ1) is 13.6. The SMILES string of the molecule is CCCN1CC(=O)N(Cc2ccc(CO)o2)CC1=O. The van der Waals surface area contributed by atoms with Gasteiger partial charge in [-0.3, -0.25) is 9.59 Å². The standard InChI is InChI=1S/C13H18N2O4/c1-2-5-14-7-13(18)15(8-12(14)17)6-10-3-4-11(9-16)19-10/h3-4,16H,2,5-9H2,1H3. The van der Waals surface area contributed by atoms with Gasteiger partial charge in [-0.1, -0.05) is 6.92 Å². The second-order valence-electron chi connectivity index (χ2n) is 4.59. The predicted octanol–water partition coefficient (Wildman–Crippen LogP) is 0.353. The Bertz CT molecular complexity index is 469. The molecule has 104 valence electrons. The van der Waals surface area contributed by atoms with Crippen molar-refractivity contribution in [2.24, 2.45) is 0 Å². The number of hydrogen-bond acceptors (Lipinski definition) is 4. The van der Waals surface area contributed by atoms with Gasteiger partial charge in [0.2, 0.25) is 11.8 Å². The van der Waals surface area contributed by atoms with E-state index in [4.69, 9.17) is 9.52 Å². The van der Waals surface area contributed by atoms with Gasteiger partial charge in [0.05, 0.1) is 13.1 Å². The maximum atomic E-state index is 11.9. The van der Waals surface area contributed by atoms with Crippen LogP contribution in [0.1, 0.15) is 24.9 Å². The number of aliphatic hydroxyl groups is 1. The van der Waals surface area contributed by atoms with Crippen molar-refractivity contribution < 1.29 is 19.1 Å². The van der Waals surface area contributed by atoms with Crippen molar-refractivity contribution in [2.45, 2.75) is 26.5 Å². The van der Waals surface area contributed by atoms with Gasteiger partial charge in [-0.2, -0.15) is 0 Å². The second-order valence-corrected chi connectivity index (χ2v) is 4.59. The minimum Gasteiger partial charge on any atom is -0.462 e. The number of nitrogens with zero attached hydrogens (tertiary/aromatic N) is 2. The van der Waals surface area contributed by atoms with Crippen molar-refractivity contribution >= 4 is 11.8 Å². The van der Waals surface area contributed by atoms with Crippen molar-refractivity contribution in [3.05, 3.63) is 23.7 Å². The topological polar surface area (TPSA) is 74.0 Å². The summed E-state index contributed by atoms with van der Waals surface area (Å²) in [6, 6.07) is 3.37. The van der Waals surface area contributed by atoms with Gasteiger partial charge in [0.1, 0.15) is 24.7 Å². The van der Waals surface area contributed by atoms with Gasteiger partial charge in [0, 0.05) is 6.54 Å². The third kappa shape index (κ3) is 3.14. The molecule has 0 bridgehead atoms. The van der Waals surface area contributed by atoms with E-state index in [1.807, 2.05) is 6.92 Å². The van der Waals surface area contributed by atoms with Crippen LogP contribution in [0.15, 0.2) is 16.5 Å². The van der Waals surface area contributed by atoms with Crippen LogP contribution in [0, 0.1) is 0 Å². The molecule has 1 aliphatic heterocycles. The van der Waals surface area contributed by atoms with Crippen LogP contribution in [0.4, 0.5) is 0 Å². The van der Waals surface area contributed by atoms with Crippen LogP contribution in [0.25, 0.3) is 0 Å². The molecule has 6 nitrogen and oxygen atoms in total. The molecule has 1 aromatic rings. The summed E-state index contributed by atoms with van der Waals surface area (Å²) < 4.78 is 5.32. The Kier molecular flexibility index (Phi) is 4.21. The molecule has 2 rings (SSSR count). The van der Waals surface area contributed by atoms with Crippen molar-refractivity contribution in [2.75, 3.05) is 19.6 Å². The van der Waals surface area contributed by atoms with Gasteiger partial charge in [-0.15, -0.1) is 0 Å². The van der Waals surface area contributed by atoms with Crippen LogP contribution in [0.3, 0.4) is 0 Å². The molecule has 0 saturated carbocycles. The van der Waals surface area contributed by atoms with Crippen molar-refractivity contribution in [1.29, 1.82) is 0 Å². The minimum atomic E-state index is -0.169. The average Bonchev–Trinajstić information content (AvgIpc) is 2.83. The van der Waals surface area contributed by atoms with Gasteiger partial charge >= 0.3 is 0 Å². The van der Waals surface area contributed by atoms with Gasteiger partial charge < -0.3 is 19.3 Å². The summed E-state index contributed by atoms with van der Waals surface area (Å²) in [5, 5.41) is 8.91.